The molecule has 0 atom stereocenters. The molecule has 0 saturated heterocycles. The summed E-state index contributed by atoms with van der Waals surface area (Å²) in [5.74, 6) is 0.678. The van der Waals surface area contributed by atoms with E-state index in [1.54, 1.807) is 23.0 Å². The van der Waals surface area contributed by atoms with Crippen molar-refractivity contribution in [2.24, 2.45) is 0 Å². The predicted octanol–water partition coefficient (Wildman–Crippen LogP) is 5.89. The molecule has 0 aliphatic heterocycles. The van der Waals surface area contributed by atoms with Crippen LogP contribution in [0, 0.1) is 25.2 Å². The summed E-state index contributed by atoms with van der Waals surface area (Å²) in [6, 6.07) is 23.7. The van der Waals surface area contributed by atoms with Crippen LogP contribution in [-0.2, 0) is 9.84 Å². The molecule has 7 heteroatoms. The lowest BCUT2D eigenvalue weighted by Gasteiger charge is -2.07. The second-order valence-corrected chi connectivity index (χ2v) is 9.96. The van der Waals surface area contributed by atoms with Gasteiger partial charge in [0.2, 0.25) is 9.84 Å². The fourth-order valence-corrected chi connectivity index (χ4v) is 4.88. The highest BCUT2D eigenvalue weighted by Gasteiger charge is 2.23. The van der Waals surface area contributed by atoms with Crippen LogP contribution in [0.5, 0.6) is 5.75 Å². The maximum absolute atomic E-state index is 13.4. The number of benzene rings is 3. The topological polar surface area (TPSA) is 85.0 Å². The summed E-state index contributed by atoms with van der Waals surface area (Å²) in [4.78, 5) is -0.265. The summed E-state index contributed by atoms with van der Waals surface area (Å²) in [5, 5.41) is 14.6. The van der Waals surface area contributed by atoms with Crippen molar-refractivity contribution in [1.82, 2.24) is 9.78 Å². The summed E-state index contributed by atoms with van der Waals surface area (Å²) >= 11 is 0. The molecule has 0 N–H and O–H groups in total. The third kappa shape index (κ3) is 5.03. The Bertz CT molecular complexity index is 1550. The number of aromatic nitrogens is 2. The molecule has 0 unspecified atom stereocenters. The summed E-state index contributed by atoms with van der Waals surface area (Å²) in [7, 11) is -4.02. The molecule has 0 fully saturated rings. The first-order chi connectivity index (χ1) is 16.8. The van der Waals surface area contributed by atoms with Crippen LogP contribution in [0.1, 0.15) is 23.6 Å². The zero-order valence-electron chi connectivity index (χ0n) is 19.8. The largest absolute Gasteiger partial charge is 0.494 e. The Morgan fingerprint density at radius 2 is 1.80 bits per heavy atom. The van der Waals surface area contributed by atoms with Gasteiger partial charge in [-0.2, -0.15) is 10.4 Å². The van der Waals surface area contributed by atoms with Crippen molar-refractivity contribution in [3.8, 4) is 28.8 Å². The lowest BCUT2D eigenvalue weighted by atomic mass is 10.1. The van der Waals surface area contributed by atoms with Gasteiger partial charge in [-0.25, -0.2) is 13.1 Å². The Labute approximate surface area is 205 Å². The molecule has 0 bridgehead atoms. The van der Waals surface area contributed by atoms with Gasteiger partial charge in [-0.3, -0.25) is 0 Å². The van der Waals surface area contributed by atoms with E-state index >= 15 is 0 Å². The molecule has 4 rings (SSSR count). The number of para-hydroxylation sites is 1. The standard InChI is InChI=1S/C28H25N3O3S/c1-4-34-25-12-8-9-22(16-25)28-23(19-31(30-28)24-10-6-5-7-11-24)17-27(18-29)35(32,33)26-14-13-20(2)21(3)15-26/h5-17,19H,4H2,1-3H3/b27-17+. The van der Waals surface area contributed by atoms with Crippen LogP contribution in [0.2, 0.25) is 0 Å². The van der Waals surface area contributed by atoms with Gasteiger partial charge < -0.3 is 4.74 Å². The zero-order valence-corrected chi connectivity index (χ0v) is 20.6. The van der Waals surface area contributed by atoms with E-state index in [4.69, 9.17) is 9.84 Å². The number of sulfone groups is 1. The highest BCUT2D eigenvalue weighted by Crippen LogP contribution is 2.30. The first kappa shape index (κ1) is 24.0. The van der Waals surface area contributed by atoms with E-state index in [9.17, 15) is 13.7 Å². The Morgan fingerprint density at radius 3 is 2.49 bits per heavy atom. The molecule has 0 aliphatic carbocycles. The van der Waals surface area contributed by atoms with Crippen molar-refractivity contribution in [3.63, 3.8) is 0 Å². The van der Waals surface area contributed by atoms with Crippen LogP contribution in [-0.4, -0.2) is 24.8 Å². The van der Waals surface area contributed by atoms with Crippen molar-refractivity contribution in [2.45, 2.75) is 25.7 Å². The van der Waals surface area contributed by atoms with Gasteiger partial charge in [-0.1, -0.05) is 36.4 Å². The second kappa shape index (κ2) is 10.00. The van der Waals surface area contributed by atoms with Crippen molar-refractivity contribution >= 4 is 15.9 Å². The quantitative estimate of drug-likeness (QED) is 0.306. The van der Waals surface area contributed by atoms with E-state index in [0.29, 0.717) is 23.6 Å². The number of hydrogen-bond acceptors (Lipinski definition) is 5. The number of ether oxygens (including phenoxy) is 1. The fraction of sp³-hybridized carbons (Fsp3) is 0.143. The smallest absolute Gasteiger partial charge is 0.216 e. The Hall–Kier alpha value is -4.15. The van der Waals surface area contributed by atoms with Gasteiger partial charge in [-0.05, 0) is 74.4 Å². The Morgan fingerprint density at radius 1 is 1.03 bits per heavy atom. The molecule has 35 heavy (non-hydrogen) atoms. The maximum atomic E-state index is 13.4. The van der Waals surface area contributed by atoms with Crippen LogP contribution >= 0.6 is 0 Å². The van der Waals surface area contributed by atoms with E-state index < -0.39 is 9.84 Å². The van der Waals surface area contributed by atoms with Gasteiger partial charge in [0.1, 0.15) is 22.4 Å². The van der Waals surface area contributed by atoms with E-state index in [2.05, 4.69) is 0 Å². The van der Waals surface area contributed by atoms with Crippen LogP contribution in [0.4, 0.5) is 0 Å². The molecule has 1 heterocycles. The van der Waals surface area contributed by atoms with Crippen LogP contribution < -0.4 is 4.74 Å². The highest BCUT2D eigenvalue weighted by molar-refractivity contribution is 7.95. The molecule has 0 saturated carbocycles. The molecule has 0 amide bonds. The monoisotopic (exact) mass is 483 g/mol. The summed E-state index contributed by atoms with van der Waals surface area (Å²) < 4.78 is 34.0. The van der Waals surface area contributed by atoms with Gasteiger partial charge in [0.15, 0.2) is 0 Å². The molecular formula is C28H25N3O3S. The van der Waals surface area contributed by atoms with E-state index in [0.717, 1.165) is 22.4 Å². The van der Waals surface area contributed by atoms with Crippen molar-refractivity contribution in [1.29, 1.82) is 5.26 Å². The lowest BCUT2D eigenvalue weighted by molar-refractivity contribution is 0.340. The Balaban J connectivity index is 1.89. The third-order valence-corrected chi connectivity index (χ3v) is 7.32. The maximum Gasteiger partial charge on any atom is 0.216 e. The first-order valence-corrected chi connectivity index (χ1v) is 12.6. The van der Waals surface area contributed by atoms with Crippen molar-refractivity contribution in [3.05, 3.63) is 101 Å². The average Bonchev–Trinajstić information content (AvgIpc) is 3.29. The van der Waals surface area contributed by atoms with Crippen LogP contribution in [0.3, 0.4) is 0 Å². The number of nitriles is 1. The first-order valence-electron chi connectivity index (χ1n) is 11.2. The molecule has 4 aromatic rings. The normalized spacial score (nSPS) is 11.8. The Kier molecular flexibility index (Phi) is 6.85. The van der Waals surface area contributed by atoms with Gasteiger partial charge in [0.05, 0.1) is 17.2 Å². The summed E-state index contributed by atoms with van der Waals surface area (Å²) in [5.41, 5.74) is 4.42. The zero-order chi connectivity index (χ0) is 25.0. The van der Waals surface area contributed by atoms with E-state index in [1.807, 2.05) is 81.4 Å². The average molecular weight is 484 g/mol. The molecule has 1 aromatic heterocycles. The van der Waals surface area contributed by atoms with Crippen LogP contribution in [0.25, 0.3) is 23.0 Å². The van der Waals surface area contributed by atoms with Gasteiger partial charge in [0.25, 0.3) is 0 Å². The molecule has 0 aliphatic rings. The van der Waals surface area contributed by atoms with Crippen molar-refractivity contribution in [2.75, 3.05) is 6.61 Å². The number of hydrogen-bond donors (Lipinski definition) is 0. The number of allylic oxidation sites excluding steroid dienone is 1. The highest BCUT2D eigenvalue weighted by atomic mass is 32.2. The second-order valence-electron chi connectivity index (χ2n) is 8.04. The minimum atomic E-state index is -4.02. The van der Waals surface area contributed by atoms with Gasteiger partial charge in [0, 0.05) is 17.3 Å². The predicted molar refractivity (Wildman–Crippen MR) is 137 cm³/mol. The molecule has 6 nitrogen and oxygen atoms in total. The van der Waals surface area contributed by atoms with Crippen LogP contribution in [0.15, 0.2) is 88.8 Å². The van der Waals surface area contributed by atoms with Crippen molar-refractivity contribution < 1.29 is 13.2 Å². The molecule has 0 spiro atoms. The number of rotatable bonds is 7. The minimum absolute atomic E-state index is 0.0868. The molecular weight excluding hydrogens is 458 g/mol. The summed E-state index contributed by atoms with van der Waals surface area (Å²) in [6.07, 6.45) is 3.12. The third-order valence-electron chi connectivity index (χ3n) is 5.66. The molecule has 0 radical (unpaired) electrons. The van der Waals surface area contributed by atoms with Gasteiger partial charge >= 0.3 is 0 Å². The number of nitrogens with zero attached hydrogens (tertiary/aromatic N) is 3. The van der Waals surface area contributed by atoms with Gasteiger partial charge in [-0.15, -0.1) is 0 Å². The fourth-order valence-electron chi connectivity index (χ4n) is 3.65. The minimum Gasteiger partial charge on any atom is -0.494 e. The van der Waals surface area contributed by atoms with E-state index in [1.165, 1.54) is 12.1 Å². The lowest BCUT2D eigenvalue weighted by Crippen LogP contribution is -2.04. The molecule has 3 aromatic carbocycles. The number of aryl methyl sites for hydroxylation is 2. The molecule has 176 valence electrons. The summed E-state index contributed by atoms with van der Waals surface area (Å²) in [6.45, 7) is 6.17. The van der Waals surface area contributed by atoms with E-state index in [-0.39, 0.29) is 9.80 Å². The SMILES string of the molecule is CCOc1cccc(-c2nn(-c3ccccc3)cc2/C=C(\C#N)S(=O)(=O)c2ccc(C)c(C)c2)c1.